The highest BCUT2D eigenvalue weighted by molar-refractivity contribution is 9.10. The zero-order chi connectivity index (χ0) is 26.5. The molecular formula is C29H33BrN4O3. The molecule has 4 aromatic rings. The maximum Gasteiger partial charge on any atom is 0.221 e. The molecule has 0 aliphatic heterocycles. The first-order valence-corrected chi connectivity index (χ1v) is 13.1. The zero-order valence-corrected chi connectivity index (χ0v) is 23.3. The highest BCUT2D eigenvalue weighted by Crippen LogP contribution is 2.38. The largest absolute Gasteiger partial charge is 0.494 e. The highest BCUT2D eigenvalue weighted by atomic mass is 79.9. The number of methoxy groups -OCH3 is 2. The molecule has 0 aliphatic rings. The summed E-state index contributed by atoms with van der Waals surface area (Å²) in [5, 5.41) is 3.45. The Balaban J connectivity index is 1.77. The number of ether oxygens (including phenoxy) is 2. The quantitative estimate of drug-likeness (QED) is 0.237. The predicted octanol–water partition coefficient (Wildman–Crippen LogP) is 5.88. The molecule has 0 radical (unpaired) electrons. The molecule has 1 amide bonds. The fourth-order valence-electron chi connectivity index (χ4n) is 4.44. The van der Waals surface area contributed by atoms with Gasteiger partial charge in [-0.1, -0.05) is 56.3 Å². The lowest BCUT2D eigenvalue weighted by molar-refractivity contribution is -0.117. The maximum atomic E-state index is 11.5. The molecule has 0 saturated carbocycles. The smallest absolute Gasteiger partial charge is 0.221 e. The first kappa shape index (κ1) is 26.7. The second-order valence-electron chi connectivity index (χ2n) is 9.26. The summed E-state index contributed by atoms with van der Waals surface area (Å²) in [5.41, 5.74) is 12.2. The Morgan fingerprint density at radius 3 is 2.49 bits per heavy atom. The third-order valence-corrected chi connectivity index (χ3v) is 7.31. The van der Waals surface area contributed by atoms with Crippen LogP contribution in [0, 0.1) is 0 Å². The van der Waals surface area contributed by atoms with Crippen molar-refractivity contribution in [2.45, 2.75) is 39.3 Å². The molecule has 0 unspecified atom stereocenters. The van der Waals surface area contributed by atoms with Crippen molar-refractivity contribution in [3.05, 3.63) is 75.8 Å². The van der Waals surface area contributed by atoms with Gasteiger partial charge in [0.05, 0.1) is 24.6 Å². The first-order valence-electron chi connectivity index (χ1n) is 12.3. The minimum Gasteiger partial charge on any atom is -0.494 e. The van der Waals surface area contributed by atoms with Crippen molar-refractivity contribution in [2.75, 3.05) is 26.1 Å². The average molecular weight is 566 g/mol. The molecule has 0 bridgehead atoms. The summed E-state index contributed by atoms with van der Waals surface area (Å²) in [6.07, 6.45) is 0.176. The average Bonchev–Trinajstić information content (AvgIpc) is 3.27. The zero-order valence-electron chi connectivity index (χ0n) is 21.7. The van der Waals surface area contributed by atoms with Gasteiger partial charge < -0.3 is 25.1 Å². The van der Waals surface area contributed by atoms with E-state index in [4.69, 9.17) is 20.2 Å². The summed E-state index contributed by atoms with van der Waals surface area (Å²) in [7, 11) is 3.37. The number of primary amides is 1. The van der Waals surface area contributed by atoms with Gasteiger partial charge in [0.25, 0.3) is 0 Å². The molecule has 37 heavy (non-hydrogen) atoms. The number of nitrogens with two attached hydrogens (primary N) is 1. The molecule has 0 spiro atoms. The van der Waals surface area contributed by atoms with Crippen LogP contribution < -0.4 is 15.8 Å². The minimum atomic E-state index is -0.367. The summed E-state index contributed by atoms with van der Waals surface area (Å²) in [4.78, 5) is 16.6. The molecule has 0 atom stereocenters. The number of anilines is 1. The van der Waals surface area contributed by atoms with Crippen LogP contribution in [0.25, 0.3) is 22.4 Å². The van der Waals surface area contributed by atoms with Gasteiger partial charge in [0, 0.05) is 31.5 Å². The van der Waals surface area contributed by atoms with Gasteiger partial charge in [0.2, 0.25) is 5.91 Å². The molecule has 3 N–H and O–H groups in total. The van der Waals surface area contributed by atoms with E-state index in [1.54, 1.807) is 14.2 Å². The number of benzene rings is 3. The van der Waals surface area contributed by atoms with Crippen molar-refractivity contribution in [2.24, 2.45) is 5.73 Å². The molecule has 4 rings (SSSR count). The third kappa shape index (κ3) is 5.81. The molecule has 0 fully saturated rings. The van der Waals surface area contributed by atoms with E-state index in [2.05, 4.69) is 63.9 Å². The summed E-state index contributed by atoms with van der Waals surface area (Å²) >= 11 is 3.82. The number of hydrogen-bond donors (Lipinski definition) is 2. The van der Waals surface area contributed by atoms with Crippen LogP contribution >= 0.6 is 15.9 Å². The number of amides is 1. The Bertz CT molecular complexity index is 1400. The van der Waals surface area contributed by atoms with Gasteiger partial charge in [-0.25, -0.2) is 4.98 Å². The Morgan fingerprint density at radius 1 is 1.11 bits per heavy atom. The van der Waals surface area contributed by atoms with Crippen molar-refractivity contribution in [1.82, 2.24) is 9.55 Å². The fraction of sp³-hybridized carbons (Fsp3) is 0.310. The molecular weight excluding hydrogens is 532 g/mol. The Kier molecular flexibility index (Phi) is 8.51. The molecule has 7 nitrogen and oxygen atoms in total. The van der Waals surface area contributed by atoms with Crippen molar-refractivity contribution < 1.29 is 14.3 Å². The van der Waals surface area contributed by atoms with Crippen LogP contribution in [0.3, 0.4) is 0 Å². The van der Waals surface area contributed by atoms with E-state index in [0.29, 0.717) is 25.6 Å². The van der Waals surface area contributed by atoms with E-state index in [-0.39, 0.29) is 12.3 Å². The summed E-state index contributed by atoms with van der Waals surface area (Å²) in [6, 6.07) is 18.3. The minimum absolute atomic E-state index is 0.176. The SMILES string of the molecule is COCCn1c(-c2ccc(C(C)C)cc2)nc2c(Br)c(CNc3ccccc3CC(N)=O)cc(OC)c21. The lowest BCUT2D eigenvalue weighted by Gasteiger charge is -2.15. The number of hydrogen-bond acceptors (Lipinski definition) is 5. The Morgan fingerprint density at radius 2 is 1.84 bits per heavy atom. The number of rotatable bonds is 11. The normalized spacial score (nSPS) is 11.3. The second kappa shape index (κ2) is 11.8. The number of carbonyl (C=O) groups is 1. The van der Waals surface area contributed by atoms with Crippen LogP contribution in [-0.2, 0) is 29.0 Å². The van der Waals surface area contributed by atoms with Gasteiger partial charge in [0.1, 0.15) is 22.6 Å². The van der Waals surface area contributed by atoms with Crippen LogP contribution in [0.2, 0.25) is 0 Å². The van der Waals surface area contributed by atoms with Gasteiger partial charge in [-0.3, -0.25) is 4.79 Å². The predicted molar refractivity (Wildman–Crippen MR) is 152 cm³/mol. The van der Waals surface area contributed by atoms with Crippen LogP contribution in [-0.4, -0.2) is 36.3 Å². The summed E-state index contributed by atoms with van der Waals surface area (Å²) < 4.78 is 14.3. The second-order valence-corrected chi connectivity index (χ2v) is 10.1. The van der Waals surface area contributed by atoms with Crippen molar-refractivity contribution in [3.63, 3.8) is 0 Å². The standard InChI is InChI=1S/C29H33BrN4O3/c1-18(2)19-9-11-20(12-10-19)29-33-27-26(30)22(15-24(37-4)28(27)34(29)13-14-36-3)17-32-23-8-6-5-7-21(23)16-25(31)35/h5-12,15,18,32H,13-14,16-17H2,1-4H3,(H2,31,35). The first-order chi connectivity index (χ1) is 17.8. The van der Waals surface area contributed by atoms with Crippen LogP contribution in [0.5, 0.6) is 5.75 Å². The number of nitrogens with zero attached hydrogens (tertiary/aromatic N) is 2. The summed E-state index contributed by atoms with van der Waals surface area (Å²) in [6.45, 7) is 6.06. The number of nitrogens with one attached hydrogen (secondary N) is 1. The number of halogens is 1. The van der Waals surface area contributed by atoms with Crippen LogP contribution in [0.4, 0.5) is 5.69 Å². The van der Waals surface area contributed by atoms with E-state index < -0.39 is 0 Å². The van der Waals surface area contributed by atoms with E-state index in [0.717, 1.165) is 49.5 Å². The van der Waals surface area contributed by atoms with E-state index in [9.17, 15) is 4.79 Å². The molecule has 1 aromatic heterocycles. The molecule has 0 saturated heterocycles. The van der Waals surface area contributed by atoms with Crippen molar-refractivity contribution in [1.29, 1.82) is 0 Å². The number of fused-ring (bicyclic) bond motifs is 1. The Hall–Kier alpha value is -3.36. The van der Waals surface area contributed by atoms with Crippen LogP contribution in [0.15, 0.2) is 59.1 Å². The van der Waals surface area contributed by atoms with Gasteiger partial charge >= 0.3 is 0 Å². The number of para-hydroxylation sites is 1. The monoisotopic (exact) mass is 564 g/mol. The molecule has 8 heteroatoms. The lowest BCUT2D eigenvalue weighted by Crippen LogP contribution is -2.15. The third-order valence-electron chi connectivity index (χ3n) is 6.42. The van der Waals surface area contributed by atoms with E-state index >= 15 is 0 Å². The summed E-state index contributed by atoms with van der Waals surface area (Å²) in [5.74, 6) is 1.68. The Labute approximate surface area is 226 Å². The number of aromatic nitrogens is 2. The molecule has 3 aromatic carbocycles. The highest BCUT2D eigenvalue weighted by Gasteiger charge is 2.21. The van der Waals surface area contributed by atoms with E-state index in [1.807, 2.05) is 30.3 Å². The van der Waals surface area contributed by atoms with Gasteiger partial charge in [-0.2, -0.15) is 0 Å². The molecule has 1 heterocycles. The van der Waals surface area contributed by atoms with Crippen LogP contribution in [0.1, 0.15) is 36.5 Å². The molecule has 0 aliphatic carbocycles. The van der Waals surface area contributed by atoms with Gasteiger partial charge in [0.15, 0.2) is 0 Å². The van der Waals surface area contributed by atoms with Gasteiger partial charge in [-0.05, 0) is 50.7 Å². The maximum absolute atomic E-state index is 11.5. The number of carbonyl (C=O) groups excluding carboxylic acids is 1. The van der Waals surface area contributed by atoms with E-state index in [1.165, 1.54) is 5.56 Å². The van der Waals surface area contributed by atoms with Crippen molar-refractivity contribution in [3.8, 4) is 17.1 Å². The fourth-order valence-corrected chi connectivity index (χ4v) is 4.98. The lowest BCUT2D eigenvalue weighted by atomic mass is 10.0. The topological polar surface area (TPSA) is 91.4 Å². The number of imidazole rings is 1. The van der Waals surface area contributed by atoms with Crippen molar-refractivity contribution >= 4 is 38.6 Å². The van der Waals surface area contributed by atoms with Gasteiger partial charge in [-0.15, -0.1) is 0 Å². The molecule has 194 valence electrons.